The Morgan fingerprint density at radius 3 is 2.44 bits per heavy atom. The molecule has 3 aromatic carbocycles. The fraction of sp³-hybridized carbons (Fsp3) is 0.179. The number of ether oxygens (including phenoxy) is 3. The number of benzene rings is 3. The molecule has 0 bridgehead atoms. The number of aromatic nitrogens is 3. The lowest BCUT2D eigenvalue weighted by Crippen LogP contribution is -2.31. The smallest absolute Gasteiger partial charge is 0.255 e. The molecule has 2 N–H and O–H groups in total. The Bertz CT molecular complexity index is 1530. The van der Waals surface area contributed by atoms with Crippen molar-refractivity contribution in [3.05, 3.63) is 99.4 Å². The lowest BCUT2D eigenvalue weighted by atomic mass is 9.95. The highest BCUT2D eigenvalue weighted by atomic mass is 35.5. The van der Waals surface area contributed by atoms with Crippen molar-refractivity contribution in [2.24, 2.45) is 0 Å². The highest BCUT2D eigenvalue weighted by molar-refractivity contribution is 6.35. The lowest BCUT2D eigenvalue weighted by Gasteiger charge is -2.29. The van der Waals surface area contributed by atoms with E-state index in [1.54, 1.807) is 48.2 Å². The van der Waals surface area contributed by atoms with Crippen LogP contribution in [0.2, 0.25) is 10.0 Å². The minimum absolute atomic E-state index is 0.216. The molecule has 1 amide bonds. The van der Waals surface area contributed by atoms with Crippen LogP contribution in [0, 0.1) is 0 Å². The van der Waals surface area contributed by atoms with Crippen LogP contribution in [0.15, 0.2) is 78.3 Å². The second kappa shape index (κ2) is 11.3. The van der Waals surface area contributed by atoms with E-state index in [1.807, 2.05) is 31.2 Å². The third-order valence-corrected chi connectivity index (χ3v) is 7.04. The predicted molar refractivity (Wildman–Crippen MR) is 150 cm³/mol. The Balaban J connectivity index is 1.43. The van der Waals surface area contributed by atoms with Gasteiger partial charge in [0.25, 0.3) is 5.91 Å². The quantitative estimate of drug-likeness (QED) is 0.266. The first-order valence-electron chi connectivity index (χ1n) is 12.0. The van der Waals surface area contributed by atoms with E-state index < -0.39 is 6.04 Å². The van der Waals surface area contributed by atoms with Crippen LogP contribution in [0.25, 0.3) is 0 Å². The van der Waals surface area contributed by atoms with Crippen molar-refractivity contribution in [2.45, 2.75) is 19.6 Å². The van der Waals surface area contributed by atoms with Gasteiger partial charge < -0.3 is 24.8 Å². The number of carbonyl (C=O) groups excluding carboxylic acids is 1. The Hall–Kier alpha value is -4.21. The number of allylic oxidation sites excluding steroid dienone is 1. The minimum Gasteiger partial charge on any atom is -0.497 e. The van der Waals surface area contributed by atoms with Gasteiger partial charge in [-0.25, -0.2) is 4.68 Å². The number of nitrogens with one attached hydrogen (secondary N) is 2. The molecule has 2 heterocycles. The summed E-state index contributed by atoms with van der Waals surface area (Å²) in [5.41, 5.74) is 3.12. The van der Waals surface area contributed by atoms with Gasteiger partial charge in [0.05, 0.1) is 25.5 Å². The fourth-order valence-corrected chi connectivity index (χ4v) is 4.87. The molecule has 1 atom stereocenters. The Morgan fingerprint density at radius 1 is 1.03 bits per heavy atom. The van der Waals surface area contributed by atoms with Gasteiger partial charge in [-0.3, -0.25) is 4.79 Å². The van der Waals surface area contributed by atoms with Crippen LogP contribution in [-0.4, -0.2) is 34.9 Å². The summed E-state index contributed by atoms with van der Waals surface area (Å²) in [6.07, 6.45) is 1.44. The van der Waals surface area contributed by atoms with Crippen LogP contribution in [0.1, 0.15) is 24.1 Å². The number of hydrogen-bond acceptors (Lipinski definition) is 7. The number of rotatable bonds is 8. The summed E-state index contributed by atoms with van der Waals surface area (Å²) < 4.78 is 18.4. The average molecular weight is 566 g/mol. The topological polar surface area (TPSA) is 99.5 Å². The molecule has 4 aromatic rings. The zero-order valence-corrected chi connectivity index (χ0v) is 22.9. The molecule has 9 nitrogen and oxygen atoms in total. The molecule has 0 saturated heterocycles. The summed E-state index contributed by atoms with van der Waals surface area (Å²) >= 11 is 12.5. The summed E-state index contributed by atoms with van der Waals surface area (Å²) in [7, 11) is 3.10. The van der Waals surface area contributed by atoms with Crippen LogP contribution in [0.3, 0.4) is 0 Å². The van der Waals surface area contributed by atoms with Crippen LogP contribution in [-0.2, 0) is 11.4 Å². The van der Waals surface area contributed by atoms with E-state index in [0.29, 0.717) is 55.8 Å². The fourth-order valence-electron chi connectivity index (χ4n) is 4.37. The number of carbonyl (C=O) groups is 1. The van der Waals surface area contributed by atoms with Gasteiger partial charge in [0.15, 0.2) is 0 Å². The van der Waals surface area contributed by atoms with Crippen molar-refractivity contribution >= 4 is 40.7 Å². The van der Waals surface area contributed by atoms with Crippen LogP contribution in [0.4, 0.5) is 11.6 Å². The van der Waals surface area contributed by atoms with Crippen molar-refractivity contribution < 1.29 is 19.0 Å². The number of anilines is 2. The van der Waals surface area contributed by atoms with Gasteiger partial charge in [-0.1, -0.05) is 41.4 Å². The van der Waals surface area contributed by atoms with Crippen molar-refractivity contribution in [3.8, 4) is 17.2 Å². The first-order valence-corrected chi connectivity index (χ1v) is 12.7. The largest absolute Gasteiger partial charge is 0.497 e. The molecule has 1 aromatic heterocycles. The van der Waals surface area contributed by atoms with Gasteiger partial charge >= 0.3 is 0 Å². The van der Waals surface area contributed by atoms with Gasteiger partial charge in [-0.05, 0) is 48.9 Å². The standard InChI is InChI=1S/C28H25Cl2N5O4/c1-16-25(27(36)34-23-13-19(37-2)11-12-24(23)38-3)26(35-28(33-16)31-15-32-35)17-7-9-18(10-8-17)39-14-20-21(29)5-4-6-22(20)30/h4-13,15,26H,14H2,1-3H3,(H,34,36)(H,31,32,33)/t26-/m1/s1. The number of hydrogen-bond donors (Lipinski definition) is 2. The molecule has 0 unspecified atom stereocenters. The summed E-state index contributed by atoms with van der Waals surface area (Å²) in [5, 5.41) is 11.6. The summed E-state index contributed by atoms with van der Waals surface area (Å²) in [6.45, 7) is 2.04. The highest BCUT2D eigenvalue weighted by Crippen LogP contribution is 2.37. The second-order valence-corrected chi connectivity index (χ2v) is 9.49. The Kier molecular flexibility index (Phi) is 7.63. The zero-order chi connectivity index (χ0) is 27.5. The Morgan fingerprint density at radius 2 is 1.74 bits per heavy atom. The van der Waals surface area contributed by atoms with E-state index in [-0.39, 0.29) is 12.5 Å². The Labute approximate surface area is 235 Å². The first-order chi connectivity index (χ1) is 18.9. The van der Waals surface area contributed by atoms with E-state index in [2.05, 4.69) is 20.7 Å². The first kappa shape index (κ1) is 26.4. The molecule has 39 heavy (non-hydrogen) atoms. The monoisotopic (exact) mass is 565 g/mol. The number of fused-ring (bicyclic) bond motifs is 1. The molecular weight excluding hydrogens is 541 g/mol. The second-order valence-electron chi connectivity index (χ2n) is 8.67. The molecule has 0 radical (unpaired) electrons. The maximum atomic E-state index is 13.7. The molecule has 11 heteroatoms. The molecular formula is C28H25Cl2N5O4. The van der Waals surface area contributed by atoms with Gasteiger partial charge in [0, 0.05) is 27.4 Å². The van der Waals surface area contributed by atoms with E-state index in [4.69, 9.17) is 37.4 Å². The minimum atomic E-state index is -0.549. The molecule has 0 saturated carbocycles. The maximum Gasteiger partial charge on any atom is 0.255 e. The summed E-state index contributed by atoms with van der Waals surface area (Å²) in [4.78, 5) is 18.0. The van der Waals surface area contributed by atoms with Crippen molar-refractivity contribution in [3.63, 3.8) is 0 Å². The van der Waals surface area contributed by atoms with E-state index >= 15 is 0 Å². The maximum absolute atomic E-state index is 13.7. The lowest BCUT2D eigenvalue weighted by molar-refractivity contribution is -0.113. The molecule has 0 fully saturated rings. The predicted octanol–water partition coefficient (Wildman–Crippen LogP) is 6.11. The van der Waals surface area contributed by atoms with Crippen LogP contribution >= 0.6 is 23.2 Å². The van der Waals surface area contributed by atoms with Gasteiger partial charge in [0.1, 0.15) is 36.2 Å². The van der Waals surface area contributed by atoms with Crippen LogP contribution in [0.5, 0.6) is 17.2 Å². The van der Waals surface area contributed by atoms with Crippen molar-refractivity contribution in [1.82, 2.24) is 14.8 Å². The third-order valence-electron chi connectivity index (χ3n) is 6.33. The zero-order valence-electron chi connectivity index (χ0n) is 21.4. The molecule has 200 valence electrons. The third kappa shape index (κ3) is 5.36. The number of amides is 1. The number of nitrogens with zero attached hydrogens (tertiary/aromatic N) is 3. The van der Waals surface area contributed by atoms with E-state index in [0.717, 1.165) is 5.56 Å². The summed E-state index contributed by atoms with van der Waals surface area (Å²) in [5.74, 6) is 1.91. The average Bonchev–Trinajstić information content (AvgIpc) is 3.40. The molecule has 1 aliphatic heterocycles. The van der Waals surface area contributed by atoms with Gasteiger partial charge in [-0.15, -0.1) is 0 Å². The van der Waals surface area contributed by atoms with Crippen molar-refractivity contribution in [1.29, 1.82) is 0 Å². The molecule has 1 aliphatic rings. The van der Waals surface area contributed by atoms with Gasteiger partial charge in [-0.2, -0.15) is 10.1 Å². The van der Waals surface area contributed by atoms with Gasteiger partial charge in [0.2, 0.25) is 5.95 Å². The van der Waals surface area contributed by atoms with E-state index in [9.17, 15) is 4.79 Å². The van der Waals surface area contributed by atoms with E-state index in [1.165, 1.54) is 13.4 Å². The number of methoxy groups -OCH3 is 2. The molecule has 5 rings (SSSR count). The summed E-state index contributed by atoms with van der Waals surface area (Å²) in [6, 6.07) is 17.4. The van der Waals surface area contributed by atoms with Crippen LogP contribution < -0.4 is 24.8 Å². The SMILES string of the molecule is COc1ccc(OC)c(NC(=O)C2=C(C)Nc3ncnn3[C@@H]2c2ccc(OCc3c(Cl)cccc3Cl)cc2)c1. The number of halogens is 2. The molecule has 0 spiro atoms. The van der Waals surface area contributed by atoms with Crippen molar-refractivity contribution in [2.75, 3.05) is 24.9 Å². The normalized spacial score (nSPS) is 14.3. The molecule has 0 aliphatic carbocycles. The highest BCUT2D eigenvalue weighted by Gasteiger charge is 2.33.